The smallest absolute Gasteiger partial charge is 0.277 e. The molecular formula is C19H22N2O4. The molecule has 2 aromatic carbocycles. The summed E-state index contributed by atoms with van der Waals surface area (Å²) in [5, 5.41) is 13.7. The van der Waals surface area contributed by atoms with E-state index in [-0.39, 0.29) is 18.3 Å². The van der Waals surface area contributed by atoms with Gasteiger partial charge in [0.05, 0.1) is 12.8 Å². The molecule has 0 radical (unpaired) electrons. The topological polar surface area (TPSA) is 80.2 Å². The van der Waals surface area contributed by atoms with Gasteiger partial charge in [0.2, 0.25) is 0 Å². The van der Waals surface area contributed by atoms with Crippen molar-refractivity contribution < 1.29 is 19.4 Å². The molecule has 2 rings (SSSR count). The Morgan fingerprint density at radius 3 is 2.72 bits per heavy atom. The quantitative estimate of drug-likeness (QED) is 0.599. The largest absolute Gasteiger partial charge is 0.507 e. The number of amides is 1. The zero-order valence-corrected chi connectivity index (χ0v) is 14.6. The zero-order valence-electron chi connectivity index (χ0n) is 14.6. The molecule has 0 aliphatic rings. The molecule has 0 bridgehead atoms. The minimum atomic E-state index is -0.386. The first kappa shape index (κ1) is 18.3. The van der Waals surface area contributed by atoms with Crippen molar-refractivity contribution >= 4 is 12.1 Å². The molecule has 2 N–H and O–H groups in total. The van der Waals surface area contributed by atoms with Gasteiger partial charge < -0.3 is 14.6 Å². The Morgan fingerprint density at radius 1 is 1.20 bits per heavy atom. The lowest BCUT2D eigenvalue weighted by molar-refractivity contribution is -0.123. The summed E-state index contributed by atoms with van der Waals surface area (Å²) in [5.74, 6) is 0.879. The van der Waals surface area contributed by atoms with Gasteiger partial charge >= 0.3 is 0 Å². The average molecular weight is 342 g/mol. The molecule has 0 spiro atoms. The predicted molar refractivity (Wildman–Crippen MR) is 96.4 cm³/mol. The van der Waals surface area contributed by atoms with Crippen LogP contribution in [0.3, 0.4) is 0 Å². The SMILES string of the molecule is CCOc1ccc(/C=N/NC(=O)COc2cc(C)ccc2C)c(O)c1. The Kier molecular flexibility index (Phi) is 6.39. The number of carbonyl (C=O) groups is 1. The lowest BCUT2D eigenvalue weighted by atomic mass is 10.1. The number of benzene rings is 2. The molecule has 0 fully saturated rings. The van der Waals surface area contributed by atoms with Gasteiger partial charge in [0, 0.05) is 11.6 Å². The number of aromatic hydroxyl groups is 1. The summed E-state index contributed by atoms with van der Waals surface area (Å²) in [6.07, 6.45) is 1.36. The number of hydrazone groups is 1. The number of phenols is 1. The molecule has 2 aromatic rings. The maximum atomic E-state index is 11.8. The summed E-state index contributed by atoms with van der Waals surface area (Å²) in [4.78, 5) is 11.8. The number of hydrogen-bond donors (Lipinski definition) is 2. The molecule has 0 unspecified atom stereocenters. The van der Waals surface area contributed by atoms with Crippen LogP contribution in [0.5, 0.6) is 17.2 Å². The molecule has 132 valence electrons. The Morgan fingerprint density at radius 2 is 2.00 bits per heavy atom. The number of carbonyl (C=O) groups excluding carboxylic acids is 1. The van der Waals surface area contributed by atoms with Gasteiger partial charge in [-0.3, -0.25) is 4.79 Å². The minimum absolute atomic E-state index is 0.0237. The molecular weight excluding hydrogens is 320 g/mol. The third kappa shape index (κ3) is 5.53. The van der Waals surface area contributed by atoms with Crippen LogP contribution >= 0.6 is 0 Å². The van der Waals surface area contributed by atoms with Crippen LogP contribution in [0.2, 0.25) is 0 Å². The fraction of sp³-hybridized carbons (Fsp3) is 0.263. The first-order valence-electron chi connectivity index (χ1n) is 7.97. The Balaban J connectivity index is 1.87. The van der Waals surface area contributed by atoms with Crippen molar-refractivity contribution in [1.29, 1.82) is 0 Å². The minimum Gasteiger partial charge on any atom is -0.507 e. The summed E-state index contributed by atoms with van der Waals surface area (Å²) in [6.45, 7) is 6.11. The van der Waals surface area contributed by atoms with E-state index in [2.05, 4.69) is 10.5 Å². The second-order valence-electron chi connectivity index (χ2n) is 5.50. The van der Waals surface area contributed by atoms with Gasteiger partial charge in [-0.1, -0.05) is 12.1 Å². The monoisotopic (exact) mass is 342 g/mol. The Labute approximate surface area is 147 Å². The summed E-state index contributed by atoms with van der Waals surface area (Å²) >= 11 is 0. The van der Waals surface area contributed by atoms with Crippen LogP contribution in [0.1, 0.15) is 23.6 Å². The Bertz CT molecular complexity index is 772. The van der Waals surface area contributed by atoms with E-state index in [0.717, 1.165) is 11.1 Å². The van der Waals surface area contributed by atoms with Gasteiger partial charge in [-0.05, 0) is 50.1 Å². The molecule has 6 nitrogen and oxygen atoms in total. The summed E-state index contributed by atoms with van der Waals surface area (Å²) in [7, 11) is 0. The van der Waals surface area contributed by atoms with Crippen LogP contribution in [0.25, 0.3) is 0 Å². The van der Waals surface area contributed by atoms with Gasteiger partial charge in [-0.15, -0.1) is 0 Å². The highest BCUT2D eigenvalue weighted by Crippen LogP contribution is 2.22. The zero-order chi connectivity index (χ0) is 18.2. The van der Waals surface area contributed by atoms with E-state index in [0.29, 0.717) is 23.7 Å². The Hall–Kier alpha value is -3.02. The van der Waals surface area contributed by atoms with Crippen LogP contribution in [0.4, 0.5) is 0 Å². The van der Waals surface area contributed by atoms with E-state index in [9.17, 15) is 9.90 Å². The molecule has 25 heavy (non-hydrogen) atoms. The van der Waals surface area contributed by atoms with Crippen LogP contribution in [-0.4, -0.2) is 30.4 Å². The molecule has 0 atom stereocenters. The van der Waals surface area contributed by atoms with Crippen molar-refractivity contribution in [2.45, 2.75) is 20.8 Å². The standard InChI is InChI=1S/C19H22N2O4/c1-4-24-16-8-7-15(17(22)10-16)11-20-21-19(23)12-25-18-9-13(2)5-6-14(18)3/h5-11,22H,4,12H2,1-3H3,(H,21,23)/b20-11+. The number of nitrogens with one attached hydrogen (secondary N) is 1. The summed E-state index contributed by atoms with van der Waals surface area (Å²) < 4.78 is 10.8. The maximum Gasteiger partial charge on any atom is 0.277 e. The highest BCUT2D eigenvalue weighted by Gasteiger charge is 2.05. The highest BCUT2D eigenvalue weighted by molar-refractivity contribution is 5.85. The van der Waals surface area contributed by atoms with E-state index in [1.807, 2.05) is 39.0 Å². The van der Waals surface area contributed by atoms with Crippen LogP contribution < -0.4 is 14.9 Å². The number of hydrogen-bond acceptors (Lipinski definition) is 5. The van der Waals surface area contributed by atoms with E-state index >= 15 is 0 Å². The third-order valence-electron chi connectivity index (χ3n) is 3.41. The fourth-order valence-electron chi connectivity index (χ4n) is 2.10. The molecule has 0 saturated heterocycles. The second kappa shape index (κ2) is 8.73. The van der Waals surface area contributed by atoms with E-state index in [4.69, 9.17) is 9.47 Å². The van der Waals surface area contributed by atoms with Gasteiger partial charge in [0.15, 0.2) is 6.61 Å². The first-order valence-corrected chi connectivity index (χ1v) is 7.97. The number of rotatable bonds is 7. The first-order chi connectivity index (χ1) is 12.0. The lowest BCUT2D eigenvalue weighted by Gasteiger charge is -2.09. The van der Waals surface area contributed by atoms with Crippen molar-refractivity contribution in [3.63, 3.8) is 0 Å². The summed E-state index contributed by atoms with van der Waals surface area (Å²) in [6, 6.07) is 10.7. The third-order valence-corrected chi connectivity index (χ3v) is 3.41. The average Bonchev–Trinajstić information content (AvgIpc) is 2.58. The molecule has 0 saturated carbocycles. The van der Waals surface area contributed by atoms with Crippen molar-refractivity contribution in [2.75, 3.05) is 13.2 Å². The summed E-state index contributed by atoms with van der Waals surface area (Å²) in [5.41, 5.74) is 4.86. The number of ether oxygens (including phenoxy) is 2. The molecule has 0 aromatic heterocycles. The number of aryl methyl sites for hydroxylation is 2. The van der Waals surface area contributed by atoms with E-state index < -0.39 is 0 Å². The molecule has 6 heteroatoms. The predicted octanol–water partition coefficient (Wildman–Crippen LogP) is 2.94. The molecule has 0 heterocycles. The van der Waals surface area contributed by atoms with Crippen molar-refractivity contribution in [3.05, 3.63) is 53.1 Å². The van der Waals surface area contributed by atoms with E-state index in [1.54, 1.807) is 12.1 Å². The molecule has 1 amide bonds. The van der Waals surface area contributed by atoms with Crippen molar-refractivity contribution in [1.82, 2.24) is 5.43 Å². The lowest BCUT2D eigenvalue weighted by Crippen LogP contribution is -2.24. The molecule has 0 aliphatic carbocycles. The van der Waals surface area contributed by atoms with Crippen LogP contribution in [0, 0.1) is 13.8 Å². The van der Waals surface area contributed by atoms with Crippen molar-refractivity contribution in [3.8, 4) is 17.2 Å². The number of phenolic OH excluding ortho intramolecular Hbond substituents is 1. The normalized spacial score (nSPS) is 10.7. The van der Waals surface area contributed by atoms with Gasteiger partial charge in [0.25, 0.3) is 5.91 Å². The van der Waals surface area contributed by atoms with Crippen LogP contribution in [0.15, 0.2) is 41.5 Å². The number of nitrogens with zero attached hydrogens (tertiary/aromatic N) is 1. The molecule has 0 aliphatic heterocycles. The van der Waals surface area contributed by atoms with Crippen LogP contribution in [-0.2, 0) is 4.79 Å². The van der Waals surface area contributed by atoms with Crippen molar-refractivity contribution in [2.24, 2.45) is 5.10 Å². The highest BCUT2D eigenvalue weighted by atomic mass is 16.5. The second-order valence-corrected chi connectivity index (χ2v) is 5.50. The van der Waals surface area contributed by atoms with E-state index in [1.165, 1.54) is 12.3 Å². The fourth-order valence-corrected chi connectivity index (χ4v) is 2.10. The maximum absolute atomic E-state index is 11.8. The van der Waals surface area contributed by atoms with Gasteiger partial charge in [-0.25, -0.2) is 5.43 Å². The van der Waals surface area contributed by atoms with Gasteiger partial charge in [-0.2, -0.15) is 5.10 Å². The van der Waals surface area contributed by atoms with Gasteiger partial charge in [0.1, 0.15) is 17.2 Å².